The van der Waals surface area contributed by atoms with Crippen molar-refractivity contribution in [2.45, 2.75) is 20.8 Å². The van der Waals surface area contributed by atoms with Crippen molar-refractivity contribution < 1.29 is 9.53 Å². The molecule has 0 saturated carbocycles. The van der Waals surface area contributed by atoms with E-state index in [2.05, 4.69) is 5.32 Å². The molecule has 1 rings (SSSR count). The minimum atomic E-state index is -0.106. The molecule has 3 heteroatoms. The summed E-state index contributed by atoms with van der Waals surface area (Å²) in [6, 6.07) is 3.86. The molecule has 1 amide bonds. The zero-order valence-electron chi connectivity index (χ0n) is 9.68. The molecule has 0 aliphatic rings. The van der Waals surface area contributed by atoms with Crippen molar-refractivity contribution in [3.8, 4) is 5.75 Å². The third-order valence-electron chi connectivity index (χ3n) is 2.18. The van der Waals surface area contributed by atoms with Crippen molar-refractivity contribution in [1.82, 2.24) is 5.32 Å². The van der Waals surface area contributed by atoms with Gasteiger partial charge in [0.25, 0.3) is 5.91 Å². The van der Waals surface area contributed by atoms with Crippen molar-refractivity contribution in [2.24, 2.45) is 0 Å². The highest BCUT2D eigenvalue weighted by molar-refractivity contribution is 5.97. The summed E-state index contributed by atoms with van der Waals surface area (Å²) in [5.41, 5.74) is 2.67. The first-order valence-electron chi connectivity index (χ1n) is 5.06. The van der Waals surface area contributed by atoms with Crippen molar-refractivity contribution in [1.29, 1.82) is 0 Å². The maximum atomic E-state index is 11.6. The monoisotopic (exact) mass is 207 g/mol. The van der Waals surface area contributed by atoms with E-state index in [0.717, 1.165) is 11.1 Å². The summed E-state index contributed by atoms with van der Waals surface area (Å²) in [7, 11) is 1.62. The van der Waals surface area contributed by atoms with Crippen LogP contribution in [0.5, 0.6) is 5.75 Å². The van der Waals surface area contributed by atoms with Crippen LogP contribution in [0.15, 0.2) is 12.1 Å². The Kier molecular flexibility index (Phi) is 3.72. The van der Waals surface area contributed by atoms with E-state index >= 15 is 0 Å². The molecule has 0 atom stereocenters. The van der Waals surface area contributed by atoms with Crippen LogP contribution in [-0.4, -0.2) is 19.6 Å². The number of carbonyl (C=O) groups excluding carboxylic acids is 1. The van der Waals surface area contributed by atoms with Crippen LogP contribution in [0.3, 0.4) is 0 Å². The highest BCUT2D eigenvalue weighted by atomic mass is 16.5. The summed E-state index contributed by atoms with van der Waals surface area (Å²) in [6.07, 6.45) is 0. The Balaban J connectivity index is 3.26. The molecule has 0 radical (unpaired) electrons. The summed E-state index contributed by atoms with van der Waals surface area (Å²) in [4.78, 5) is 11.6. The number of carbonyl (C=O) groups is 1. The summed E-state index contributed by atoms with van der Waals surface area (Å²) < 4.78 is 5.48. The van der Waals surface area contributed by atoms with Gasteiger partial charge in [-0.2, -0.15) is 0 Å². The van der Waals surface area contributed by atoms with Crippen molar-refractivity contribution in [2.75, 3.05) is 13.7 Å². The molecular weight excluding hydrogens is 190 g/mol. The molecule has 0 saturated heterocycles. The number of benzene rings is 1. The number of rotatable bonds is 3. The van der Waals surface area contributed by atoms with Crippen LogP contribution in [-0.2, 0) is 0 Å². The van der Waals surface area contributed by atoms with Gasteiger partial charge in [0.05, 0.1) is 12.2 Å². The van der Waals surface area contributed by atoms with Gasteiger partial charge in [0.15, 0.2) is 0 Å². The van der Waals surface area contributed by atoms with Crippen LogP contribution in [0, 0.1) is 13.8 Å². The fourth-order valence-electron chi connectivity index (χ4n) is 1.59. The van der Waals surface area contributed by atoms with Crippen LogP contribution >= 0.6 is 0 Å². The maximum absolute atomic E-state index is 11.6. The minimum absolute atomic E-state index is 0.106. The fraction of sp³-hybridized carbons (Fsp3) is 0.417. The number of ether oxygens (including phenoxy) is 1. The van der Waals surface area contributed by atoms with E-state index in [0.29, 0.717) is 17.9 Å². The van der Waals surface area contributed by atoms with Gasteiger partial charge in [0.1, 0.15) is 5.75 Å². The molecule has 82 valence electrons. The van der Waals surface area contributed by atoms with Gasteiger partial charge in [-0.15, -0.1) is 0 Å². The molecule has 0 aromatic heterocycles. The zero-order valence-corrected chi connectivity index (χ0v) is 9.68. The van der Waals surface area contributed by atoms with E-state index in [1.165, 1.54) is 0 Å². The zero-order chi connectivity index (χ0) is 11.4. The van der Waals surface area contributed by atoms with Crippen LogP contribution in [0.25, 0.3) is 0 Å². The highest BCUT2D eigenvalue weighted by Gasteiger charge is 2.13. The Morgan fingerprint density at radius 1 is 1.40 bits per heavy atom. The van der Waals surface area contributed by atoms with Crippen molar-refractivity contribution in [3.05, 3.63) is 28.8 Å². The van der Waals surface area contributed by atoms with E-state index in [9.17, 15) is 4.79 Å². The molecule has 3 nitrogen and oxygen atoms in total. The van der Waals surface area contributed by atoms with E-state index in [4.69, 9.17) is 4.74 Å². The van der Waals surface area contributed by atoms with Gasteiger partial charge in [-0.25, -0.2) is 0 Å². The highest BCUT2D eigenvalue weighted by Crippen LogP contribution is 2.25. The van der Waals surface area contributed by atoms with Crippen LogP contribution in [0.2, 0.25) is 0 Å². The topological polar surface area (TPSA) is 38.3 Å². The average molecular weight is 207 g/mol. The van der Waals surface area contributed by atoms with Gasteiger partial charge in [0.2, 0.25) is 0 Å². The lowest BCUT2D eigenvalue weighted by molar-refractivity contribution is 0.0959. The van der Waals surface area contributed by atoms with Crippen molar-refractivity contribution >= 4 is 5.91 Å². The predicted molar refractivity (Wildman–Crippen MR) is 60.5 cm³/mol. The number of hydrogen-bond donors (Lipinski definition) is 1. The summed E-state index contributed by atoms with van der Waals surface area (Å²) in [5, 5.41) is 2.62. The second-order valence-electron chi connectivity index (χ2n) is 3.47. The van der Waals surface area contributed by atoms with Crippen molar-refractivity contribution in [3.63, 3.8) is 0 Å². The van der Waals surface area contributed by atoms with Gasteiger partial charge in [-0.3, -0.25) is 4.79 Å². The molecule has 0 bridgehead atoms. The van der Waals surface area contributed by atoms with Gasteiger partial charge in [-0.05, 0) is 38.0 Å². The SMILES string of the molecule is CCOc1c(C)cc(C)cc1C(=O)NC. The Labute approximate surface area is 90.4 Å². The van der Waals surface area contributed by atoms with Gasteiger partial charge < -0.3 is 10.1 Å². The Bertz CT molecular complexity index is 372. The lowest BCUT2D eigenvalue weighted by atomic mass is 10.0. The first-order valence-corrected chi connectivity index (χ1v) is 5.06. The number of hydrogen-bond acceptors (Lipinski definition) is 2. The largest absolute Gasteiger partial charge is 0.493 e. The lowest BCUT2D eigenvalue weighted by Crippen LogP contribution is -2.19. The molecule has 0 fully saturated rings. The van der Waals surface area contributed by atoms with Gasteiger partial charge >= 0.3 is 0 Å². The van der Waals surface area contributed by atoms with E-state index in [-0.39, 0.29) is 5.91 Å². The summed E-state index contributed by atoms with van der Waals surface area (Å²) in [5.74, 6) is 0.577. The molecule has 15 heavy (non-hydrogen) atoms. The maximum Gasteiger partial charge on any atom is 0.254 e. The Hall–Kier alpha value is -1.51. The van der Waals surface area contributed by atoms with Crippen LogP contribution in [0.1, 0.15) is 28.4 Å². The Morgan fingerprint density at radius 3 is 2.60 bits per heavy atom. The third kappa shape index (κ3) is 2.49. The molecule has 0 heterocycles. The van der Waals surface area contributed by atoms with E-state index in [1.807, 2.05) is 32.9 Å². The quantitative estimate of drug-likeness (QED) is 0.824. The minimum Gasteiger partial charge on any atom is -0.493 e. The van der Waals surface area contributed by atoms with Gasteiger partial charge in [0, 0.05) is 7.05 Å². The first kappa shape index (κ1) is 11.6. The average Bonchev–Trinajstić information content (AvgIpc) is 2.20. The molecule has 1 aromatic rings. The normalized spacial score (nSPS) is 9.87. The lowest BCUT2D eigenvalue weighted by Gasteiger charge is -2.13. The molecule has 0 aliphatic heterocycles. The fourth-order valence-corrected chi connectivity index (χ4v) is 1.59. The second kappa shape index (κ2) is 4.82. The molecular formula is C12H17NO2. The summed E-state index contributed by atoms with van der Waals surface area (Å²) >= 11 is 0. The van der Waals surface area contributed by atoms with Crippen LogP contribution in [0.4, 0.5) is 0 Å². The smallest absolute Gasteiger partial charge is 0.254 e. The molecule has 0 unspecified atom stereocenters. The second-order valence-corrected chi connectivity index (χ2v) is 3.47. The Morgan fingerprint density at radius 2 is 2.07 bits per heavy atom. The number of amides is 1. The molecule has 0 aliphatic carbocycles. The number of aryl methyl sites for hydroxylation is 2. The third-order valence-corrected chi connectivity index (χ3v) is 2.18. The first-order chi connectivity index (χ1) is 7.10. The summed E-state index contributed by atoms with van der Waals surface area (Å²) in [6.45, 7) is 6.39. The predicted octanol–water partition coefficient (Wildman–Crippen LogP) is 2.06. The van der Waals surface area contributed by atoms with Crippen LogP contribution < -0.4 is 10.1 Å². The van der Waals surface area contributed by atoms with E-state index in [1.54, 1.807) is 7.05 Å². The van der Waals surface area contributed by atoms with Gasteiger partial charge in [-0.1, -0.05) is 6.07 Å². The molecule has 0 spiro atoms. The standard InChI is InChI=1S/C12H17NO2/c1-5-15-11-9(3)6-8(2)7-10(11)12(14)13-4/h6-7H,5H2,1-4H3,(H,13,14). The number of nitrogens with one attached hydrogen (secondary N) is 1. The van der Waals surface area contributed by atoms with E-state index < -0.39 is 0 Å². The molecule has 1 aromatic carbocycles. The molecule has 1 N–H and O–H groups in total.